The molecule has 1 aliphatic carbocycles. The Kier molecular flexibility index (Phi) is 9.51. The fraction of sp³-hybridized carbons (Fsp3) is 0.577. The Balaban J connectivity index is 2.45. The van der Waals surface area contributed by atoms with E-state index in [1.54, 1.807) is 45.0 Å². The summed E-state index contributed by atoms with van der Waals surface area (Å²) in [7, 11) is 0. The third-order valence-corrected chi connectivity index (χ3v) is 5.62. The minimum atomic E-state index is -1.27. The Morgan fingerprint density at radius 2 is 1.94 bits per heavy atom. The summed E-state index contributed by atoms with van der Waals surface area (Å²) >= 11 is 0. The number of hydrogen-bond donors (Lipinski definition) is 3. The average molecular weight is 472 g/mol. The number of carbonyl (C=O) groups is 3. The van der Waals surface area contributed by atoms with Gasteiger partial charge in [0.2, 0.25) is 11.8 Å². The van der Waals surface area contributed by atoms with Gasteiger partial charge in [-0.3, -0.25) is 9.59 Å². The molecule has 1 aromatic rings. The van der Waals surface area contributed by atoms with Gasteiger partial charge in [0.15, 0.2) is 0 Å². The molecule has 1 aliphatic rings. The molecular formula is C26H37N3O5. The molecule has 3 N–H and O–H groups in total. The lowest BCUT2D eigenvalue weighted by Crippen LogP contribution is -2.55. The highest BCUT2D eigenvalue weighted by atomic mass is 16.6. The molecule has 4 unspecified atom stereocenters. The molecule has 8 heteroatoms. The van der Waals surface area contributed by atoms with E-state index in [0.29, 0.717) is 24.1 Å². The van der Waals surface area contributed by atoms with E-state index in [1.165, 1.54) is 4.90 Å². The van der Waals surface area contributed by atoms with Crippen LogP contribution in [0.15, 0.2) is 24.3 Å². The maximum absolute atomic E-state index is 13.7. The van der Waals surface area contributed by atoms with Gasteiger partial charge >= 0.3 is 6.09 Å². The van der Waals surface area contributed by atoms with Gasteiger partial charge in [-0.1, -0.05) is 44.4 Å². The molecule has 2 rings (SSSR count). The second-order valence-electron chi connectivity index (χ2n) is 9.69. The first-order valence-electron chi connectivity index (χ1n) is 11.8. The molecule has 0 aromatic heterocycles. The summed E-state index contributed by atoms with van der Waals surface area (Å²) in [6, 6.07) is 4.51. The highest BCUT2D eigenvalue weighted by Gasteiger charge is 2.48. The van der Waals surface area contributed by atoms with E-state index in [9.17, 15) is 19.5 Å². The van der Waals surface area contributed by atoms with Crippen LogP contribution in [0.4, 0.5) is 4.79 Å². The fourth-order valence-corrected chi connectivity index (χ4v) is 3.76. The van der Waals surface area contributed by atoms with Crippen molar-refractivity contribution in [3.63, 3.8) is 0 Å². The zero-order valence-corrected chi connectivity index (χ0v) is 20.8. The minimum absolute atomic E-state index is 0.161. The molecule has 0 radical (unpaired) electrons. The van der Waals surface area contributed by atoms with Crippen LogP contribution >= 0.6 is 0 Å². The second-order valence-corrected chi connectivity index (χ2v) is 9.69. The molecule has 4 atom stereocenters. The molecule has 0 aliphatic heterocycles. The van der Waals surface area contributed by atoms with E-state index in [4.69, 9.17) is 11.2 Å². The van der Waals surface area contributed by atoms with Crippen LogP contribution in [0.1, 0.15) is 71.0 Å². The van der Waals surface area contributed by atoms with Crippen molar-refractivity contribution in [2.24, 2.45) is 5.92 Å². The lowest BCUT2D eigenvalue weighted by atomic mass is 9.97. The number of aliphatic hydroxyl groups excluding tert-OH is 1. The van der Waals surface area contributed by atoms with Crippen molar-refractivity contribution >= 4 is 17.9 Å². The summed E-state index contributed by atoms with van der Waals surface area (Å²) in [5, 5.41) is 15.3. The first kappa shape index (κ1) is 27.2. The predicted octanol–water partition coefficient (Wildman–Crippen LogP) is 2.75. The minimum Gasteiger partial charge on any atom is -0.444 e. The summed E-state index contributed by atoms with van der Waals surface area (Å²) < 4.78 is 5.25. The molecule has 0 spiro atoms. The van der Waals surface area contributed by atoms with E-state index >= 15 is 0 Å². The summed E-state index contributed by atoms with van der Waals surface area (Å²) in [6.45, 7) is 8.94. The van der Waals surface area contributed by atoms with Gasteiger partial charge in [0.25, 0.3) is 0 Å². The number of nitrogens with one attached hydrogen (secondary N) is 2. The molecular weight excluding hydrogens is 434 g/mol. The quantitative estimate of drug-likeness (QED) is 0.359. The van der Waals surface area contributed by atoms with Crippen molar-refractivity contribution in [1.82, 2.24) is 15.5 Å². The molecule has 0 heterocycles. The number of terminal acetylenes is 1. The van der Waals surface area contributed by atoms with Crippen LogP contribution in [-0.2, 0) is 14.3 Å². The number of hydrogen-bond acceptors (Lipinski definition) is 5. The molecule has 1 fully saturated rings. The smallest absolute Gasteiger partial charge is 0.408 e. The molecule has 1 saturated carbocycles. The molecule has 0 bridgehead atoms. The zero-order chi connectivity index (χ0) is 25.5. The van der Waals surface area contributed by atoms with Gasteiger partial charge in [-0.05, 0) is 51.2 Å². The Morgan fingerprint density at radius 3 is 2.47 bits per heavy atom. The van der Waals surface area contributed by atoms with Crippen molar-refractivity contribution < 1.29 is 24.2 Å². The molecule has 1 aromatic carbocycles. The third-order valence-electron chi connectivity index (χ3n) is 5.62. The Bertz CT molecular complexity index is 918. The monoisotopic (exact) mass is 471 g/mol. The largest absolute Gasteiger partial charge is 0.444 e. The van der Waals surface area contributed by atoms with Crippen LogP contribution in [0, 0.1) is 18.3 Å². The average Bonchev–Trinajstić information content (AvgIpc) is 3.49. The zero-order valence-electron chi connectivity index (χ0n) is 20.8. The number of aliphatic hydroxyl groups is 1. The SMILES string of the molecule is C#Cc1ccccc1C(C(=O)NCCCC)N(C(=O)C(CO)NC(=O)OC(C)(C)C)C1CC1C. The van der Waals surface area contributed by atoms with Gasteiger partial charge in [-0.15, -0.1) is 6.42 Å². The van der Waals surface area contributed by atoms with E-state index in [0.717, 1.165) is 12.8 Å². The number of carbonyl (C=O) groups excluding carboxylic acids is 3. The van der Waals surface area contributed by atoms with E-state index < -0.39 is 36.3 Å². The van der Waals surface area contributed by atoms with Gasteiger partial charge in [0.1, 0.15) is 17.7 Å². The van der Waals surface area contributed by atoms with Crippen LogP contribution in [0.3, 0.4) is 0 Å². The molecule has 34 heavy (non-hydrogen) atoms. The summed E-state index contributed by atoms with van der Waals surface area (Å²) in [5.41, 5.74) is 0.260. The first-order chi connectivity index (χ1) is 16.0. The van der Waals surface area contributed by atoms with Gasteiger partial charge in [0, 0.05) is 18.2 Å². The topological polar surface area (TPSA) is 108 Å². The Morgan fingerprint density at radius 1 is 1.29 bits per heavy atom. The molecule has 0 saturated heterocycles. The number of ether oxygens (including phenoxy) is 1. The highest BCUT2D eigenvalue weighted by molar-refractivity contribution is 5.93. The van der Waals surface area contributed by atoms with Crippen LogP contribution in [0.5, 0.6) is 0 Å². The van der Waals surface area contributed by atoms with Gasteiger partial charge < -0.3 is 25.4 Å². The summed E-state index contributed by atoms with van der Waals surface area (Å²) in [5.74, 6) is 1.85. The second kappa shape index (κ2) is 11.9. The number of amides is 3. The number of unbranched alkanes of at least 4 members (excludes halogenated alkanes) is 1. The van der Waals surface area contributed by atoms with Crippen molar-refractivity contribution in [3.05, 3.63) is 35.4 Å². The van der Waals surface area contributed by atoms with E-state index in [-0.39, 0.29) is 17.9 Å². The maximum atomic E-state index is 13.7. The standard InChI is InChI=1S/C26H37N3O5/c1-7-9-14-27-23(31)22(19-13-11-10-12-18(19)8-2)29(21-15-17(21)3)24(32)20(16-30)28-25(33)34-26(4,5)6/h2,10-13,17,20-22,30H,7,9,14-16H2,1,3-6H3,(H,27,31)(H,28,33). The van der Waals surface area contributed by atoms with Crippen LogP contribution in [0.25, 0.3) is 0 Å². The van der Waals surface area contributed by atoms with Gasteiger partial charge in [0.05, 0.1) is 6.61 Å². The van der Waals surface area contributed by atoms with Crippen molar-refractivity contribution in [1.29, 1.82) is 0 Å². The lowest BCUT2D eigenvalue weighted by Gasteiger charge is -2.35. The summed E-state index contributed by atoms with van der Waals surface area (Å²) in [6.07, 6.45) is 7.29. The van der Waals surface area contributed by atoms with E-state index in [1.807, 2.05) is 13.8 Å². The van der Waals surface area contributed by atoms with Crippen molar-refractivity contribution in [3.8, 4) is 12.3 Å². The lowest BCUT2D eigenvalue weighted by molar-refractivity contribution is -0.144. The Hall–Kier alpha value is -3.05. The van der Waals surface area contributed by atoms with E-state index in [2.05, 4.69) is 16.6 Å². The van der Waals surface area contributed by atoms with Crippen LogP contribution in [-0.4, -0.2) is 58.8 Å². The van der Waals surface area contributed by atoms with Crippen molar-refractivity contribution in [2.45, 2.75) is 77.6 Å². The molecule has 8 nitrogen and oxygen atoms in total. The number of nitrogens with zero attached hydrogens (tertiary/aromatic N) is 1. The number of rotatable bonds is 10. The van der Waals surface area contributed by atoms with Gasteiger partial charge in [-0.2, -0.15) is 0 Å². The number of alkyl carbamates (subject to hydrolysis) is 1. The van der Waals surface area contributed by atoms with Crippen LogP contribution < -0.4 is 10.6 Å². The first-order valence-corrected chi connectivity index (χ1v) is 11.8. The number of benzene rings is 1. The Labute approximate surface area is 202 Å². The van der Waals surface area contributed by atoms with Gasteiger partial charge in [-0.25, -0.2) is 4.79 Å². The molecule has 186 valence electrons. The normalized spacial score (nSPS) is 18.7. The van der Waals surface area contributed by atoms with Crippen molar-refractivity contribution in [2.75, 3.05) is 13.2 Å². The fourth-order valence-electron chi connectivity index (χ4n) is 3.76. The van der Waals surface area contributed by atoms with Crippen LogP contribution in [0.2, 0.25) is 0 Å². The maximum Gasteiger partial charge on any atom is 0.408 e. The third kappa shape index (κ3) is 7.22. The molecule has 3 amide bonds. The highest BCUT2D eigenvalue weighted by Crippen LogP contribution is 2.41. The predicted molar refractivity (Wildman–Crippen MR) is 130 cm³/mol. The summed E-state index contributed by atoms with van der Waals surface area (Å²) in [4.78, 5) is 41.0.